The van der Waals surface area contributed by atoms with Crippen LogP contribution in [0.5, 0.6) is 0 Å². The Balaban J connectivity index is 1.63. The molecular formula is C24H31ClO4. The van der Waals surface area contributed by atoms with Gasteiger partial charge in [0.15, 0.2) is 0 Å². The third kappa shape index (κ3) is 6.22. The maximum atomic E-state index is 10.9. The lowest BCUT2D eigenvalue weighted by atomic mass is 9.84. The van der Waals surface area contributed by atoms with Crippen LogP contribution in [0.15, 0.2) is 24.3 Å². The van der Waals surface area contributed by atoms with Gasteiger partial charge in [-0.25, -0.2) is 0 Å². The highest BCUT2D eigenvalue weighted by molar-refractivity contribution is 6.21. The van der Waals surface area contributed by atoms with E-state index in [0.717, 1.165) is 49.7 Å². The van der Waals surface area contributed by atoms with Crippen LogP contribution >= 0.6 is 11.6 Å². The second kappa shape index (κ2) is 10.5. The fourth-order valence-corrected chi connectivity index (χ4v) is 5.24. The normalized spacial score (nSPS) is 28.5. The predicted molar refractivity (Wildman–Crippen MR) is 114 cm³/mol. The second-order valence-corrected chi connectivity index (χ2v) is 9.13. The molecule has 0 aliphatic heterocycles. The fraction of sp³-hybridized carbons (Fsp3) is 0.625. The summed E-state index contributed by atoms with van der Waals surface area (Å²) in [7, 11) is 0. The number of carboxylic acid groups (broad SMARTS) is 1. The number of rotatable bonds is 6. The number of carboxylic acids is 1. The van der Waals surface area contributed by atoms with Crippen molar-refractivity contribution in [3.05, 3.63) is 35.4 Å². The number of aliphatic carboxylic acids is 1. The molecule has 29 heavy (non-hydrogen) atoms. The molecule has 0 spiro atoms. The first-order chi connectivity index (χ1) is 13.9. The van der Waals surface area contributed by atoms with E-state index in [4.69, 9.17) is 16.7 Å². The SMILES string of the molecule is O=C(O)Cc1cccc(CC[C@@H]2[C@@H](C#C[C@@H](O)C3CCCCC3)[C@H](O)C[C@H]2Cl)c1. The molecule has 0 amide bonds. The molecular weight excluding hydrogens is 388 g/mol. The number of hydrogen-bond donors (Lipinski definition) is 3. The van der Waals surface area contributed by atoms with Crippen LogP contribution in [-0.4, -0.2) is 38.9 Å². The van der Waals surface area contributed by atoms with E-state index in [1.165, 1.54) is 6.42 Å². The Morgan fingerprint density at radius 2 is 1.93 bits per heavy atom. The van der Waals surface area contributed by atoms with Gasteiger partial charge in [0.1, 0.15) is 6.10 Å². The molecule has 0 radical (unpaired) electrons. The molecule has 5 heteroatoms. The van der Waals surface area contributed by atoms with Gasteiger partial charge in [0.2, 0.25) is 0 Å². The van der Waals surface area contributed by atoms with Crippen molar-refractivity contribution < 1.29 is 20.1 Å². The molecule has 158 valence electrons. The number of benzene rings is 1. The van der Waals surface area contributed by atoms with E-state index in [-0.39, 0.29) is 29.6 Å². The summed E-state index contributed by atoms with van der Waals surface area (Å²) in [6.07, 6.45) is 6.49. The summed E-state index contributed by atoms with van der Waals surface area (Å²) in [4.78, 5) is 10.9. The van der Waals surface area contributed by atoms with Crippen LogP contribution in [0, 0.1) is 29.6 Å². The van der Waals surface area contributed by atoms with Crippen LogP contribution in [-0.2, 0) is 17.6 Å². The fourth-order valence-electron chi connectivity index (χ4n) is 4.78. The molecule has 3 N–H and O–H groups in total. The summed E-state index contributed by atoms with van der Waals surface area (Å²) in [5.41, 5.74) is 1.86. The lowest BCUT2D eigenvalue weighted by molar-refractivity contribution is -0.136. The van der Waals surface area contributed by atoms with Gasteiger partial charge in [-0.05, 0) is 55.1 Å². The van der Waals surface area contributed by atoms with Crippen molar-refractivity contribution in [1.82, 2.24) is 0 Å². The molecule has 0 bridgehead atoms. The van der Waals surface area contributed by atoms with Crippen molar-refractivity contribution in [3.8, 4) is 11.8 Å². The minimum Gasteiger partial charge on any atom is -0.481 e. The Kier molecular flexibility index (Phi) is 8.00. The van der Waals surface area contributed by atoms with Crippen molar-refractivity contribution in [3.63, 3.8) is 0 Å². The van der Waals surface area contributed by atoms with Gasteiger partial charge in [-0.2, -0.15) is 0 Å². The van der Waals surface area contributed by atoms with E-state index in [0.29, 0.717) is 6.42 Å². The van der Waals surface area contributed by atoms with Crippen molar-refractivity contribution in [2.24, 2.45) is 17.8 Å². The minimum absolute atomic E-state index is 0.0151. The molecule has 0 saturated heterocycles. The lowest BCUT2D eigenvalue weighted by Crippen LogP contribution is -2.23. The zero-order chi connectivity index (χ0) is 20.8. The topological polar surface area (TPSA) is 77.8 Å². The van der Waals surface area contributed by atoms with Crippen molar-refractivity contribution in [1.29, 1.82) is 0 Å². The monoisotopic (exact) mass is 418 g/mol. The second-order valence-electron chi connectivity index (χ2n) is 8.57. The highest BCUT2D eigenvalue weighted by atomic mass is 35.5. The smallest absolute Gasteiger partial charge is 0.307 e. The van der Waals surface area contributed by atoms with E-state index in [1.807, 2.05) is 24.3 Å². The van der Waals surface area contributed by atoms with E-state index >= 15 is 0 Å². The predicted octanol–water partition coefficient (Wildman–Crippen LogP) is 3.80. The highest BCUT2D eigenvalue weighted by Crippen LogP contribution is 2.39. The number of aliphatic hydroxyl groups excluding tert-OH is 2. The molecule has 2 fully saturated rings. The summed E-state index contributed by atoms with van der Waals surface area (Å²) in [5, 5.41) is 29.7. The molecule has 4 nitrogen and oxygen atoms in total. The Bertz CT molecular complexity index is 747. The van der Waals surface area contributed by atoms with Gasteiger partial charge in [-0.15, -0.1) is 11.6 Å². The van der Waals surface area contributed by atoms with Crippen LogP contribution < -0.4 is 0 Å². The van der Waals surface area contributed by atoms with Crippen LogP contribution in [0.3, 0.4) is 0 Å². The number of aryl methyl sites for hydroxylation is 1. The van der Waals surface area contributed by atoms with E-state index in [1.54, 1.807) is 0 Å². The quantitative estimate of drug-likeness (QED) is 0.485. The summed E-state index contributed by atoms with van der Waals surface area (Å²) >= 11 is 6.53. The standard InChI is InChI=1S/C24H31ClO4/c25-21-15-23(27)20(11-12-22(26)18-7-2-1-3-8-18)19(21)10-9-16-5-4-6-17(13-16)14-24(28)29/h4-6,13,18-23,26-27H,1-3,7-10,14-15H2,(H,28,29)/t19-,20-,21-,22-,23-/m1/s1. The number of aliphatic hydroxyl groups is 2. The highest BCUT2D eigenvalue weighted by Gasteiger charge is 2.40. The first kappa shape index (κ1) is 22.2. The molecule has 2 aliphatic carbocycles. The van der Waals surface area contributed by atoms with Gasteiger partial charge in [-0.1, -0.05) is 55.4 Å². The van der Waals surface area contributed by atoms with Crippen LogP contribution in [0.4, 0.5) is 0 Å². The average Bonchev–Trinajstić information content (AvgIpc) is 2.97. The van der Waals surface area contributed by atoms with Crippen LogP contribution in [0.1, 0.15) is 56.1 Å². The molecule has 5 atom stereocenters. The zero-order valence-corrected chi connectivity index (χ0v) is 17.5. The summed E-state index contributed by atoms with van der Waals surface area (Å²) in [6.45, 7) is 0. The van der Waals surface area contributed by atoms with E-state index in [2.05, 4.69) is 11.8 Å². The van der Waals surface area contributed by atoms with Crippen molar-refractivity contribution in [2.75, 3.05) is 0 Å². The van der Waals surface area contributed by atoms with Gasteiger partial charge in [-0.3, -0.25) is 4.79 Å². The first-order valence-corrected chi connectivity index (χ1v) is 11.2. The largest absolute Gasteiger partial charge is 0.481 e. The zero-order valence-electron chi connectivity index (χ0n) is 16.8. The number of alkyl halides is 1. The van der Waals surface area contributed by atoms with Gasteiger partial charge in [0, 0.05) is 5.38 Å². The number of halogens is 1. The Labute approximate surface area is 178 Å². The van der Waals surface area contributed by atoms with Crippen LogP contribution in [0.25, 0.3) is 0 Å². The summed E-state index contributed by atoms with van der Waals surface area (Å²) in [6, 6.07) is 7.62. The molecule has 2 saturated carbocycles. The Hall–Kier alpha value is -1.54. The van der Waals surface area contributed by atoms with Crippen molar-refractivity contribution in [2.45, 2.75) is 75.4 Å². The van der Waals surface area contributed by atoms with Crippen LogP contribution in [0.2, 0.25) is 0 Å². The van der Waals surface area contributed by atoms with Gasteiger partial charge >= 0.3 is 5.97 Å². The first-order valence-electron chi connectivity index (χ1n) is 10.7. The molecule has 1 aromatic rings. The van der Waals surface area contributed by atoms with E-state index in [9.17, 15) is 15.0 Å². The maximum absolute atomic E-state index is 10.9. The molecule has 0 aromatic heterocycles. The van der Waals surface area contributed by atoms with E-state index < -0.39 is 18.2 Å². The molecule has 2 aliphatic rings. The molecule has 0 unspecified atom stereocenters. The Morgan fingerprint density at radius 1 is 1.21 bits per heavy atom. The van der Waals surface area contributed by atoms with Gasteiger partial charge in [0.05, 0.1) is 18.4 Å². The summed E-state index contributed by atoms with van der Waals surface area (Å²) < 4.78 is 0. The van der Waals surface area contributed by atoms with Gasteiger partial charge in [0.25, 0.3) is 0 Å². The number of hydrogen-bond acceptors (Lipinski definition) is 3. The van der Waals surface area contributed by atoms with Crippen molar-refractivity contribution >= 4 is 17.6 Å². The Morgan fingerprint density at radius 3 is 2.66 bits per heavy atom. The minimum atomic E-state index is -0.839. The maximum Gasteiger partial charge on any atom is 0.307 e. The lowest BCUT2D eigenvalue weighted by Gasteiger charge is -2.24. The average molecular weight is 419 g/mol. The molecule has 3 rings (SSSR count). The molecule has 0 heterocycles. The third-order valence-electron chi connectivity index (χ3n) is 6.41. The summed E-state index contributed by atoms with van der Waals surface area (Å²) in [5.74, 6) is 5.44. The third-order valence-corrected chi connectivity index (χ3v) is 6.92. The molecule has 1 aromatic carbocycles. The van der Waals surface area contributed by atoms with Gasteiger partial charge < -0.3 is 15.3 Å². The number of carbonyl (C=O) groups is 1.